The van der Waals surface area contributed by atoms with Crippen molar-refractivity contribution in [2.75, 3.05) is 13.1 Å². The Balaban J connectivity index is 2.57. The topological polar surface area (TPSA) is 104 Å². The molecule has 6 nitrogen and oxygen atoms in total. The van der Waals surface area contributed by atoms with E-state index in [0.29, 0.717) is 0 Å². The zero-order valence-electron chi connectivity index (χ0n) is 6.30. The van der Waals surface area contributed by atoms with Crippen molar-refractivity contribution in [3.63, 3.8) is 0 Å². The highest BCUT2D eigenvalue weighted by molar-refractivity contribution is 6.34. The lowest BCUT2D eigenvalue weighted by atomic mass is 10.3. The first-order chi connectivity index (χ1) is 5.52. The van der Waals surface area contributed by atoms with Gasteiger partial charge in [0.05, 0.1) is 12.2 Å². The summed E-state index contributed by atoms with van der Waals surface area (Å²) in [6.45, 7) is -0.0775. The van der Waals surface area contributed by atoms with E-state index in [0.717, 1.165) is 4.90 Å². The predicted molar refractivity (Wildman–Crippen MR) is 37.8 cm³/mol. The van der Waals surface area contributed by atoms with E-state index < -0.39 is 24.0 Å². The summed E-state index contributed by atoms with van der Waals surface area (Å²) in [6, 6.07) is 0. The van der Waals surface area contributed by atoms with E-state index in [2.05, 4.69) is 0 Å². The van der Waals surface area contributed by atoms with Crippen molar-refractivity contribution in [1.29, 1.82) is 0 Å². The van der Waals surface area contributed by atoms with Crippen molar-refractivity contribution >= 4 is 11.8 Å². The number of β-amino-alcohol motifs (C(OH)–C–C–N with tert-alkyl or cyclic N) is 2. The molecule has 1 heterocycles. The van der Waals surface area contributed by atoms with E-state index in [9.17, 15) is 9.59 Å². The van der Waals surface area contributed by atoms with Crippen LogP contribution in [-0.4, -0.2) is 52.2 Å². The van der Waals surface area contributed by atoms with E-state index in [4.69, 9.17) is 15.9 Å². The van der Waals surface area contributed by atoms with E-state index in [1.54, 1.807) is 0 Å². The minimum absolute atomic E-state index is 0.0387. The SMILES string of the molecule is NC(=O)C(=O)N1C[C@H](O)[C@@H](O)C1. The number of amides is 2. The molecule has 1 rings (SSSR count). The molecule has 1 aliphatic heterocycles. The van der Waals surface area contributed by atoms with Gasteiger partial charge in [0.15, 0.2) is 0 Å². The third kappa shape index (κ3) is 1.54. The van der Waals surface area contributed by atoms with Crippen molar-refractivity contribution in [1.82, 2.24) is 4.90 Å². The van der Waals surface area contributed by atoms with Gasteiger partial charge in [-0.1, -0.05) is 0 Å². The molecular weight excluding hydrogens is 164 g/mol. The van der Waals surface area contributed by atoms with Crippen molar-refractivity contribution in [2.24, 2.45) is 5.73 Å². The molecule has 0 aliphatic carbocycles. The Morgan fingerprint density at radius 3 is 2.00 bits per heavy atom. The smallest absolute Gasteiger partial charge is 0.311 e. The van der Waals surface area contributed by atoms with Gasteiger partial charge in [0, 0.05) is 13.1 Å². The maximum atomic E-state index is 10.9. The van der Waals surface area contributed by atoms with Crippen molar-refractivity contribution in [3.05, 3.63) is 0 Å². The molecule has 68 valence electrons. The van der Waals surface area contributed by atoms with Crippen LogP contribution in [-0.2, 0) is 9.59 Å². The summed E-state index contributed by atoms with van der Waals surface area (Å²) in [4.78, 5) is 22.3. The number of hydrogen-bond acceptors (Lipinski definition) is 4. The molecule has 1 aliphatic rings. The molecule has 0 radical (unpaired) electrons. The number of nitrogens with two attached hydrogens (primary N) is 1. The minimum Gasteiger partial charge on any atom is -0.388 e. The first-order valence-electron chi connectivity index (χ1n) is 3.47. The van der Waals surface area contributed by atoms with Crippen LogP contribution in [0.5, 0.6) is 0 Å². The summed E-state index contributed by atoms with van der Waals surface area (Å²) >= 11 is 0. The van der Waals surface area contributed by atoms with E-state index in [1.165, 1.54) is 0 Å². The third-order valence-corrected chi connectivity index (χ3v) is 1.76. The standard InChI is InChI=1S/C6H10N2O4/c7-5(11)6(12)8-1-3(9)4(10)2-8/h3-4,9-10H,1-2H2,(H2,7,11)/t3-,4-/m0/s1. The van der Waals surface area contributed by atoms with Crippen LogP contribution < -0.4 is 5.73 Å². The fourth-order valence-electron chi connectivity index (χ4n) is 1.09. The second-order valence-corrected chi connectivity index (χ2v) is 2.71. The fourth-order valence-corrected chi connectivity index (χ4v) is 1.09. The molecule has 1 fully saturated rings. The third-order valence-electron chi connectivity index (χ3n) is 1.76. The number of aliphatic hydroxyl groups excluding tert-OH is 2. The monoisotopic (exact) mass is 174 g/mol. The van der Waals surface area contributed by atoms with Crippen LogP contribution in [0.3, 0.4) is 0 Å². The second kappa shape index (κ2) is 3.08. The van der Waals surface area contributed by atoms with Gasteiger partial charge in [-0.05, 0) is 0 Å². The lowest BCUT2D eigenvalue weighted by Crippen LogP contribution is -2.39. The molecule has 12 heavy (non-hydrogen) atoms. The summed E-state index contributed by atoms with van der Waals surface area (Å²) in [7, 11) is 0. The van der Waals surface area contributed by atoms with Gasteiger partial charge >= 0.3 is 11.8 Å². The molecule has 0 bridgehead atoms. The number of primary amides is 1. The maximum absolute atomic E-state index is 10.9. The molecule has 0 spiro atoms. The van der Waals surface area contributed by atoms with E-state index in [-0.39, 0.29) is 13.1 Å². The Bertz CT molecular complexity index is 208. The van der Waals surface area contributed by atoms with Crippen LogP contribution >= 0.6 is 0 Å². The largest absolute Gasteiger partial charge is 0.388 e. The summed E-state index contributed by atoms with van der Waals surface area (Å²) in [5.41, 5.74) is 4.71. The Kier molecular flexibility index (Phi) is 2.30. The first-order valence-corrected chi connectivity index (χ1v) is 3.47. The number of carbonyl (C=O) groups is 2. The zero-order chi connectivity index (χ0) is 9.30. The van der Waals surface area contributed by atoms with Gasteiger partial charge in [-0.3, -0.25) is 9.59 Å². The first kappa shape index (κ1) is 8.95. The average Bonchev–Trinajstić information content (AvgIpc) is 2.30. The van der Waals surface area contributed by atoms with E-state index in [1.807, 2.05) is 0 Å². The molecule has 6 heteroatoms. The van der Waals surface area contributed by atoms with Gasteiger partial charge < -0.3 is 20.8 Å². The van der Waals surface area contributed by atoms with E-state index >= 15 is 0 Å². The molecule has 0 aromatic heterocycles. The normalized spacial score (nSPS) is 29.0. The van der Waals surface area contributed by atoms with Crippen molar-refractivity contribution < 1.29 is 19.8 Å². The van der Waals surface area contributed by atoms with Gasteiger partial charge in [-0.15, -0.1) is 0 Å². The fraction of sp³-hybridized carbons (Fsp3) is 0.667. The molecule has 0 saturated carbocycles. The molecule has 2 atom stereocenters. The molecule has 0 unspecified atom stereocenters. The second-order valence-electron chi connectivity index (χ2n) is 2.71. The molecule has 0 aromatic rings. The maximum Gasteiger partial charge on any atom is 0.311 e. The molecule has 4 N–H and O–H groups in total. The van der Waals surface area contributed by atoms with Crippen molar-refractivity contribution in [3.8, 4) is 0 Å². The highest BCUT2D eigenvalue weighted by Gasteiger charge is 2.34. The summed E-state index contributed by atoms with van der Waals surface area (Å²) < 4.78 is 0. The number of carbonyl (C=O) groups excluding carboxylic acids is 2. The molecule has 1 saturated heterocycles. The Hall–Kier alpha value is -1.14. The highest BCUT2D eigenvalue weighted by atomic mass is 16.3. The van der Waals surface area contributed by atoms with Gasteiger partial charge in [0.2, 0.25) is 0 Å². The number of hydrogen-bond donors (Lipinski definition) is 3. The number of nitrogens with zero attached hydrogens (tertiary/aromatic N) is 1. The minimum atomic E-state index is -1.07. The Morgan fingerprint density at radius 1 is 1.25 bits per heavy atom. The van der Waals surface area contributed by atoms with Crippen LogP contribution in [0, 0.1) is 0 Å². The van der Waals surface area contributed by atoms with Gasteiger partial charge in [0.1, 0.15) is 0 Å². The Labute approximate surface area is 68.6 Å². The predicted octanol–water partition coefficient (Wildman–Crippen LogP) is -2.96. The quantitative estimate of drug-likeness (QED) is 0.341. The van der Waals surface area contributed by atoms with Gasteiger partial charge in [0.25, 0.3) is 0 Å². The molecule has 0 aromatic carbocycles. The van der Waals surface area contributed by atoms with Crippen LogP contribution in [0.25, 0.3) is 0 Å². The number of likely N-dealkylation sites (tertiary alicyclic amines) is 1. The summed E-state index contributed by atoms with van der Waals surface area (Å²) in [5.74, 6) is -1.94. The zero-order valence-corrected chi connectivity index (χ0v) is 6.30. The van der Waals surface area contributed by atoms with Crippen LogP contribution in [0.4, 0.5) is 0 Å². The van der Waals surface area contributed by atoms with Crippen LogP contribution in [0.1, 0.15) is 0 Å². The Morgan fingerprint density at radius 2 is 1.67 bits per heavy atom. The van der Waals surface area contributed by atoms with Gasteiger partial charge in [-0.2, -0.15) is 0 Å². The molecular formula is C6H10N2O4. The van der Waals surface area contributed by atoms with Crippen molar-refractivity contribution in [2.45, 2.75) is 12.2 Å². The molecule has 2 amide bonds. The average molecular weight is 174 g/mol. The lowest BCUT2D eigenvalue weighted by molar-refractivity contribution is -0.143. The van der Waals surface area contributed by atoms with Gasteiger partial charge in [-0.25, -0.2) is 0 Å². The van der Waals surface area contributed by atoms with Crippen LogP contribution in [0.15, 0.2) is 0 Å². The highest BCUT2D eigenvalue weighted by Crippen LogP contribution is 2.09. The lowest BCUT2D eigenvalue weighted by Gasteiger charge is -2.11. The number of aliphatic hydroxyl groups is 2. The number of rotatable bonds is 0. The van der Waals surface area contributed by atoms with Crippen LogP contribution in [0.2, 0.25) is 0 Å². The summed E-state index contributed by atoms with van der Waals surface area (Å²) in [5, 5.41) is 18.0. The summed E-state index contributed by atoms with van der Waals surface area (Å²) in [6.07, 6.45) is -1.96.